The summed E-state index contributed by atoms with van der Waals surface area (Å²) in [4.78, 5) is 2.55. The summed E-state index contributed by atoms with van der Waals surface area (Å²) in [6.07, 6.45) is 5.08. The van der Waals surface area contributed by atoms with Crippen molar-refractivity contribution in [3.63, 3.8) is 0 Å². The molecule has 1 aromatic heterocycles. The number of halogens is 1. The Morgan fingerprint density at radius 1 is 1.22 bits per heavy atom. The van der Waals surface area contributed by atoms with Crippen LogP contribution in [0.2, 0.25) is 5.02 Å². The van der Waals surface area contributed by atoms with E-state index in [9.17, 15) is 0 Å². The Hall–Kier alpha value is -1.52. The van der Waals surface area contributed by atoms with Gasteiger partial charge in [-0.05, 0) is 63.0 Å². The predicted molar refractivity (Wildman–Crippen MR) is 94.6 cm³/mol. The number of likely N-dealkylation sites (tertiary alicyclic amines) is 1. The molecule has 0 aliphatic carbocycles. The van der Waals surface area contributed by atoms with Crippen molar-refractivity contribution < 1.29 is 0 Å². The number of nitrogens with one attached hydrogen (secondary N) is 1. The average Bonchev–Trinajstić information content (AvgIpc) is 3.13. The minimum absolute atomic E-state index is 0.775. The Bertz CT molecular complexity index is 716. The standard InChI is InChI=1S/C18H23ClN4/c1-13-11-14(19)5-6-17(13)23-18-15(7-8-20-18)16(21-23)12-22-9-3-2-4-10-22/h5-6,11,20H,2-4,7-10,12H2,1H3. The van der Waals surface area contributed by atoms with Crippen LogP contribution in [0.1, 0.15) is 36.1 Å². The van der Waals surface area contributed by atoms with Gasteiger partial charge in [0.1, 0.15) is 5.82 Å². The van der Waals surface area contributed by atoms with Crippen LogP contribution in [0.25, 0.3) is 5.69 Å². The highest BCUT2D eigenvalue weighted by atomic mass is 35.5. The molecule has 4 nitrogen and oxygen atoms in total. The number of hydrogen-bond donors (Lipinski definition) is 1. The zero-order valence-electron chi connectivity index (χ0n) is 13.6. The van der Waals surface area contributed by atoms with E-state index < -0.39 is 0 Å². The number of piperidine rings is 1. The Balaban J connectivity index is 1.69. The van der Waals surface area contributed by atoms with Crippen molar-refractivity contribution in [2.24, 2.45) is 0 Å². The maximum absolute atomic E-state index is 6.10. The third-order valence-corrected chi connectivity index (χ3v) is 5.18. The van der Waals surface area contributed by atoms with Crippen molar-refractivity contribution in [3.05, 3.63) is 40.0 Å². The van der Waals surface area contributed by atoms with Gasteiger partial charge in [0.25, 0.3) is 0 Å². The summed E-state index contributed by atoms with van der Waals surface area (Å²) in [5.74, 6) is 1.17. The lowest BCUT2D eigenvalue weighted by Gasteiger charge is -2.25. The summed E-state index contributed by atoms with van der Waals surface area (Å²) < 4.78 is 2.08. The molecular formula is C18H23ClN4. The summed E-state index contributed by atoms with van der Waals surface area (Å²) in [5, 5.41) is 9.25. The van der Waals surface area contributed by atoms with Crippen molar-refractivity contribution >= 4 is 17.4 Å². The second kappa shape index (κ2) is 6.17. The smallest absolute Gasteiger partial charge is 0.133 e. The molecule has 0 amide bonds. The van der Waals surface area contributed by atoms with Crippen LogP contribution >= 0.6 is 11.6 Å². The van der Waals surface area contributed by atoms with Gasteiger partial charge in [-0.15, -0.1) is 0 Å². The minimum atomic E-state index is 0.775. The summed E-state index contributed by atoms with van der Waals surface area (Å²) in [5.41, 5.74) is 4.90. The van der Waals surface area contributed by atoms with Crippen LogP contribution in [0.5, 0.6) is 0 Å². The zero-order valence-corrected chi connectivity index (χ0v) is 14.4. The first-order valence-corrected chi connectivity index (χ1v) is 8.94. The molecule has 2 aliphatic rings. The molecule has 23 heavy (non-hydrogen) atoms. The largest absolute Gasteiger partial charge is 0.369 e. The van der Waals surface area contributed by atoms with Crippen LogP contribution in [0, 0.1) is 6.92 Å². The van der Waals surface area contributed by atoms with E-state index in [0.717, 1.165) is 35.8 Å². The Morgan fingerprint density at radius 3 is 2.83 bits per heavy atom. The van der Waals surface area contributed by atoms with Gasteiger partial charge in [0, 0.05) is 23.7 Å². The van der Waals surface area contributed by atoms with E-state index in [1.165, 1.54) is 49.4 Å². The van der Waals surface area contributed by atoms with Gasteiger partial charge < -0.3 is 5.32 Å². The number of rotatable bonds is 3. The number of hydrogen-bond acceptors (Lipinski definition) is 3. The molecular weight excluding hydrogens is 308 g/mol. The maximum atomic E-state index is 6.10. The molecule has 2 aliphatic heterocycles. The quantitative estimate of drug-likeness (QED) is 0.929. The van der Waals surface area contributed by atoms with E-state index in [-0.39, 0.29) is 0 Å². The molecule has 1 N–H and O–H groups in total. The number of fused-ring (bicyclic) bond motifs is 1. The normalized spacial score (nSPS) is 18.0. The monoisotopic (exact) mass is 330 g/mol. The van der Waals surface area contributed by atoms with Crippen LogP contribution in [0.15, 0.2) is 18.2 Å². The van der Waals surface area contributed by atoms with E-state index in [1.54, 1.807) is 0 Å². The maximum Gasteiger partial charge on any atom is 0.133 e. The number of benzene rings is 1. The van der Waals surface area contributed by atoms with Gasteiger partial charge >= 0.3 is 0 Å². The Labute approximate surface area is 142 Å². The highest BCUT2D eigenvalue weighted by Gasteiger charge is 2.25. The minimum Gasteiger partial charge on any atom is -0.369 e. The number of aromatic nitrogens is 2. The van der Waals surface area contributed by atoms with Gasteiger partial charge in [0.15, 0.2) is 0 Å². The van der Waals surface area contributed by atoms with Crippen LogP contribution in [-0.2, 0) is 13.0 Å². The van der Waals surface area contributed by atoms with Crippen LogP contribution < -0.4 is 5.32 Å². The van der Waals surface area contributed by atoms with Crippen molar-refractivity contribution in [1.82, 2.24) is 14.7 Å². The van der Waals surface area contributed by atoms with E-state index in [4.69, 9.17) is 16.7 Å². The Morgan fingerprint density at radius 2 is 2.04 bits per heavy atom. The molecule has 1 aromatic carbocycles. The molecule has 3 heterocycles. The van der Waals surface area contributed by atoms with Crippen LogP contribution in [0.4, 0.5) is 5.82 Å². The molecule has 2 aromatic rings. The van der Waals surface area contributed by atoms with Gasteiger partial charge in [-0.2, -0.15) is 5.10 Å². The molecule has 5 heteroatoms. The summed E-state index contributed by atoms with van der Waals surface area (Å²) in [6, 6.07) is 6.01. The fraction of sp³-hybridized carbons (Fsp3) is 0.500. The number of anilines is 1. The molecule has 4 rings (SSSR count). The van der Waals surface area contributed by atoms with Crippen molar-refractivity contribution in [1.29, 1.82) is 0 Å². The highest BCUT2D eigenvalue weighted by molar-refractivity contribution is 6.30. The van der Waals surface area contributed by atoms with Crippen LogP contribution in [-0.4, -0.2) is 34.3 Å². The van der Waals surface area contributed by atoms with Gasteiger partial charge in [0.2, 0.25) is 0 Å². The average molecular weight is 331 g/mol. The summed E-state index contributed by atoms with van der Waals surface area (Å²) in [6.45, 7) is 6.48. The molecule has 0 bridgehead atoms. The number of aryl methyl sites for hydroxylation is 1. The SMILES string of the molecule is Cc1cc(Cl)ccc1-n1nc(CN2CCCCC2)c2c1NCC2. The molecule has 0 spiro atoms. The first kappa shape index (κ1) is 15.0. The molecule has 0 saturated carbocycles. The molecule has 0 atom stereocenters. The summed E-state index contributed by atoms with van der Waals surface area (Å²) in [7, 11) is 0. The van der Waals surface area contributed by atoms with E-state index in [2.05, 4.69) is 27.9 Å². The fourth-order valence-corrected chi connectivity index (χ4v) is 3.96. The third kappa shape index (κ3) is 2.86. The second-order valence-corrected chi connectivity index (χ2v) is 7.07. The zero-order chi connectivity index (χ0) is 15.8. The van der Waals surface area contributed by atoms with Crippen LogP contribution in [0.3, 0.4) is 0 Å². The molecule has 0 unspecified atom stereocenters. The second-order valence-electron chi connectivity index (χ2n) is 6.63. The first-order valence-electron chi connectivity index (χ1n) is 8.56. The summed E-state index contributed by atoms with van der Waals surface area (Å²) >= 11 is 6.10. The van der Waals surface area contributed by atoms with Gasteiger partial charge in [0.05, 0.1) is 11.4 Å². The molecule has 1 saturated heterocycles. The van der Waals surface area contributed by atoms with Gasteiger partial charge in [-0.3, -0.25) is 4.90 Å². The van der Waals surface area contributed by atoms with Gasteiger partial charge in [-0.1, -0.05) is 18.0 Å². The fourth-order valence-electron chi connectivity index (χ4n) is 3.73. The number of nitrogens with zero attached hydrogens (tertiary/aromatic N) is 3. The first-order chi connectivity index (χ1) is 11.2. The predicted octanol–water partition coefficient (Wildman–Crippen LogP) is 3.79. The third-order valence-electron chi connectivity index (χ3n) is 4.94. The van der Waals surface area contributed by atoms with Gasteiger partial charge in [-0.25, -0.2) is 4.68 Å². The Kier molecular flexibility index (Phi) is 4.04. The van der Waals surface area contributed by atoms with Crippen molar-refractivity contribution in [2.45, 2.75) is 39.2 Å². The lowest BCUT2D eigenvalue weighted by Crippen LogP contribution is -2.29. The van der Waals surface area contributed by atoms with E-state index in [1.807, 2.05) is 12.1 Å². The lowest BCUT2D eigenvalue weighted by molar-refractivity contribution is 0.217. The topological polar surface area (TPSA) is 33.1 Å². The van der Waals surface area contributed by atoms with E-state index in [0.29, 0.717) is 0 Å². The molecule has 1 fully saturated rings. The molecule has 0 radical (unpaired) electrons. The van der Waals surface area contributed by atoms with Crippen molar-refractivity contribution in [2.75, 3.05) is 25.0 Å². The molecule has 122 valence electrons. The van der Waals surface area contributed by atoms with E-state index >= 15 is 0 Å². The lowest BCUT2D eigenvalue weighted by atomic mass is 10.1. The highest BCUT2D eigenvalue weighted by Crippen LogP contribution is 2.31. The van der Waals surface area contributed by atoms with Crippen molar-refractivity contribution in [3.8, 4) is 5.69 Å².